The van der Waals surface area contributed by atoms with Gasteiger partial charge in [-0.1, -0.05) is 0 Å². The van der Waals surface area contributed by atoms with Crippen LogP contribution in [0.3, 0.4) is 0 Å². The molecule has 1 aliphatic rings. The maximum atomic E-state index is 13.2. The quantitative estimate of drug-likeness (QED) is 0.637. The summed E-state index contributed by atoms with van der Waals surface area (Å²) in [5.41, 5.74) is -0.226. The van der Waals surface area contributed by atoms with E-state index in [0.29, 0.717) is 35.3 Å². The maximum Gasteiger partial charge on any atom is 0.414 e. The highest BCUT2D eigenvalue weighted by Crippen LogP contribution is 2.30. The summed E-state index contributed by atoms with van der Waals surface area (Å²) in [4.78, 5) is 30.8. The maximum absolute atomic E-state index is 13.2. The molecule has 1 atom stereocenters. The fraction of sp³-hybridized carbons (Fsp3) is 0.400. The molecule has 2 amide bonds. The SMILES string of the molecule is C[C@@H]1c2nnc(-c3nc(NC(=O)OC(C)(C)C)ns3)n2CCN1C(=O)c1ccc(F)cc1. The molecule has 1 aromatic carbocycles. The largest absolute Gasteiger partial charge is 0.444 e. The number of benzene rings is 1. The average Bonchev–Trinajstić information content (AvgIpc) is 3.34. The van der Waals surface area contributed by atoms with Crippen molar-refractivity contribution in [3.63, 3.8) is 0 Å². The lowest BCUT2D eigenvalue weighted by molar-refractivity contribution is 0.0627. The van der Waals surface area contributed by atoms with Gasteiger partial charge in [0, 0.05) is 18.7 Å². The van der Waals surface area contributed by atoms with Crippen LogP contribution in [-0.4, -0.2) is 53.2 Å². The van der Waals surface area contributed by atoms with Crippen LogP contribution in [0.4, 0.5) is 15.1 Å². The van der Waals surface area contributed by atoms with Crippen molar-refractivity contribution in [3.05, 3.63) is 41.5 Å². The molecule has 3 aromatic rings. The normalized spacial score (nSPS) is 15.9. The van der Waals surface area contributed by atoms with Crippen LogP contribution in [0, 0.1) is 5.82 Å². The molecule has 4 rings (SSSR count). The number of halogens is 1. The Bertz CT molecular complexity index is 1150. The average molecular weight is 460 g/mol. The zero-order valence-electron chi connectivity index (χ0n) is 18.0. The highest BCUT2D eigenvalue weighted by Gasteiger charge is 2.33. The Hall–Kier alpha value is -3.41. The Morgan fingerprint density at radius 2 is 1.91 bits per heavy atom. The number of aromatic nitrogens is 5. The Kier molecular flexibility index (Phi) is 5.63. The van der Waals surface area contributed by atoms with Gasteiger partial charge >= 0.3 is 6.09 Å². The number of carbonyl (C=O) groups excluding carboxylic acids is 2. The fourth-order valence-corrected chi connectivity index (χ4v) is 3.96. The van der Waals surface area contributed by atoms with Crippen molar-refractivity contribution in [1.82, 2.24) is 29.0 Å². The molecular weight excluding hydrogens is 437 g/mol. The number of fused-ring (bicyclic) bond motifs is 1. The molecule has 0 saturated carbocycles. The molecule has 1 aliphatic heterocycles. The number of carbonyl (C=O) groups is 2. The lowest BCUT2D eigenvalue weighted by Crippen LogP contribution is -2.41. The van der Waals surface area contributed by atoms with Crippen molar-refractivity contribution in [3.8, 4) is 10.8 Å². The summed E-state index contributed by atoms with van der Waals surface area (Å²) in [7, 11) is 0. The van der Waals surface area contributed by atoms with Crippen LogP contribution >= 0.6 is 11.5 Å². The van der Waals surface area contributed by atoms with Gasteiger partial charge in [-0.25, -0.2) is 9.18 Å². The van der Waals surface area contributed by atoms with Crippen molar-refractivity contribution in [2.45, 2.75) is 45.9 Å². The summed E-state index contributed by atoms with van der Waals surface area (Å²) in [6, 6.07) is 5.13. The van der Waals surface area contributed by atoms with Crippen LogP contribution in [0.2, 0.25) is 0 Å². The number of amides is 2. The van der Waals surface area contributed by atoms with Crippen molar-refractivity contribution in [2.75, 3.05) is 11.9 Å². The third-order valence-corrected chi connectivity index (χ3v) is 5.48. The molecule has 168 valence electrons. The van der Waals surface area contributed by atoms with Gasteiger partial charge in [0.15, 0.2) is 16.7 Å². The Balaban J connectivity index is 1.51. The second-order valence-electron chi connectivity index (χ2n) is 8.26. The Labute approximate surface area is 187 Å². The van der Waals surface area contributed by atoms with E-state index in [9.17, 15) is 14.0 Å². The van der Waals surface area contributed by atoms with Crippen LogP contribution in [0.5, 0.6) is 0 Å². The van der Waals surface area contributed by atoms with Gasteiger partial charge in [0.05, 0.1) is 6.04 Å². The van der Waals surface area contributed by atoms with Gasteiger partial charge in [-0.15, -0.1) is 10.2 Å². The van der Waals surface area contributed by atoms with Crippen LogP contribution in [-0.2, 0) is 11.3 Å². The highest BCUT2D eigenvalue weighted by atomic mass is 32.1. The summed E-state index contributed by atoms with van der Waals surface area (Å²) < 4.78 is 24.4. The first kappa shape index (κ1) is 21.8. The summed E-state index contributed by atoms with van der Waals surface area (Å²) in [5, 5.41) is 11.5. The molecule has 0 bridgehead atoms. The first-order valence-corrected chi connectivity index (χ1v) is 10.7. The molecule has 10 nitrogen and oxygen atoms in total. The number of ether oxygens (including phenoxy) is 1. The third kappa shape index (κ3) is 4.44. The molecule has 0 aliphatic carbocycles. The lowest BCUT2D eigenvalue weighted by Gasteiger charge is -2.33. The van der Waals surface area contributed by atoms with Gasteiger partial charge < -0.3 is 14.2 Å². The van der Waals surface area contributed by atoms with Crippen LogP contribution in [0.15, 0.2) is 24.3 Å². The number of anilines is 1. The van der Waals surface area contributed by atoms with E-state index in [4.69, 9.17) is 4.74 Å². The molecule has 2 aromatic heterocycles. The summed E-state index contributed by atoms with van der Waals surface area (Å²) >= 11 is 1.08. The number of nitrogens with zero attached hydrogens (tertiary/aromatic N) is 6. The van der Waals surface area contributed by atoms with Crippen molar-refractivity contribution in [2.24, 2.45) is 0 Å². The summed E-state index contributed by atoms with van der Waals surface area (Å²) in [5.74, 6) is 0.644. The zero-order chi connectivity index (χ0) is 23.0. The summed E-state index contributed by atoms with van der Waals surface area (Å²) in [6.45, 7) is 8.04. The second kappa shape index (κ2) is 8.26. The second-order valence-corrected chi connectivity index (χ2v) is 9.02. The lowest BCUT2D eigenvalue weighted by atomic mass is 10.1. The van der Waals surface area contributed by atoms with E-state index < -0.39 is 17.5 Å². The number of hydrogen-bond donors (Lipinski definition) is 1. The minimum absolute atomic E-state index is 0.119. The molecule has 0 fully saturated rings. The first-order valence-electron chi connectivity index (χ1n) is 9.96. The topological polar surface area (TPSA) is 115 Å². The third-order valence-electron chi connectivity index (χ3n) is 4.77. The van der Waals surface area contributed by atoms with E-state index in [1.165, 1.54) is 24.3 Å². The number of nitrogens with one attached hydrogen (secondary N) is 1. The molecule has 0 spiro atoms. The van der Waals surface area contributed by atoms with Crippen LogP contribution in [0.1, 0.15) is 49.9 Å². The smallest absolute Gasteiger partial charge is 0.414 e. The van der Waals surface area contributed by atoms with E-state index in [2.05, 4.69) is 24.9 Å². The van der Waals surface area contributed by atoms with E-state index in [1.54, 1.807) is 25.7 Å². The molecule has 0 saturated heterocycles. The van der Waals surface area contributed by atoms with Crippen LogP contribution in [0.25, 0.3) is 10.8 Å². The number of rotatable bonds is 3. The van der Waals surface area contributed by atoms with E-state index in [0.717, 1.165) is 11.5 Å². The monoisotopic (exact) mass is 459 g/mol. The van der Waals surface area contributed by atoms with Crippen molar-refractivity contribution >= 4 is 29.5 Å². The van der Waals surface area contributed by atoms with Gasteiger partial charge in [-0.2, -0.15) is 9.36 Å². The predicted octanol–water partition coefficient (Wildman–Crippen LogP) is 3.50. The molecule has 0 unspecified atom stereocenters. The minimum atomic E-state index is -0.645. The molecular formula is C20H22FN7O3S. The van der Waals surface area contributed by atoms with E-state index in [-0.39, 0.29) is 17.9 Å². The minimum Gasteiger partial charge on any atom is -0.444 e. The van der Waals surface area contributed by atoms with E-state index >= 15 is 0 Å². The van der Waals surface area contributed by atoms with Gasteiger partial charge in [-0.05, 0) is 63.5 Å². The van der Waals surface area contributed by atoms with Gasteiger partial charge in [-0.3, -0.25) is 10.1 Å². The van der Waals surface area contributed by atoms with Crippen molar-refractivity contribution in [1.29, 1.82) is 0 Å². The standard InChI is InChI=1S/C20H22FN7O3S/c1-11-14-24-25-15(16-22-18(26-32-16)23-19(30)31-20(2,3)4)28(14)10-9-27(11)17(29)12-5-7-13(21)8-6-12/h5-8,11H,9-10H2,1-4H3,(H,23,26,30)/t11-/m1/s1. The molecule has 32 heavy (non-hydrogen) atoms. The van der Waals surface area contributed by atoms with E-state index in [1.807, 2.05) is 11.5 Å². The number of hydrogen-bond acceptors (Lipinski definition) is 8. The molecule has 3 heterocycles. The Morgan fingerprint density at radius 1 is 1.19 bits per heavy atom. The van der Waals surface area contributed by atoms with Gasteiger partial charge in [0.1, 0.15) is 11.4 Å². The van der Waals surface area contributed by atoms with Crippen molar-refractivity contribution < 1.29 is 18.7 Å². The van der Waals surface area contributed by atoms with Gasteiger partial charge in [0.25, 0.3) is 5.91 Å². The zero-order valence-corrected chi connectivity index (χ0v) is 18.8. The Morgan fingerprint density at radius 3 is 2.59 bits per heavy atom. The first-order chi connectivity index (χ1) is 15.1. The van der Waals surface area contributed by atoms with Gasteiger partial charge in [0.2, 0.25) is 5.95 Å². The summed E-state index contributed by atoms with van der Waals surface area (Å²) in [6.07, 6.45) is -0.645. The molecule has 12 heteroatoms. The molecule has 0 radical (unpaired) electrons. The van der Waals surface area contributed by atoms with Crippen LogP contribution < -0.4 is 5.32 Å². The fourth-order valence-electron chi connectivity index (χ4n) is 3.34. The predicted molar refractivity (Wildman–Crippen MR) is 115 cm³/mol. The highest BCUT2D eigenvalue weighted by molar-refractivity contribution is 7.09. The molecule has 1 N–H and O–H groups in total.